The van der Waals surface area contributed by atoms with Gasteiger partial charge < -0.3 is 10.6 Å². The minimum absolute atomic E-state index is 0.120. The highest BCUT2D eigenvalue weighted by molar-refractivity contribution is 8.00. The summed E-state index contributed by atoms with van der Waals surface area (Å²) in [5, 5.41) is 5.35. The Morgan fingerprint density at radius 1 is 1.47 bits per heavy atom. The Hall–Kier alpha value is -1.56. The van der Waals surface area contributed by atoms with E-state index in [-0.39, 0.29) is 17.6 Å². The van der Waals surface area contributed by atoms with Gasteiger partial charge in [0.1, 0.15) is 11.9 Å². The SMILES string of the molecule is O=C1CSCC(C(=O)NCCc2ccccc2F)N1. The molecule has 0 bridgehead atoms. The van der Waals surface area contributed by atoms with Gasteiger partial charge >= 0.3 is 0 Å². The van der Waals surface area contributed by atoms with Crippen LogP contribution in [0.5, 0.6) is 0 Å². The molecule has 2 amide bonds. The van der Waals surface area contributed by atoms with E-state index >= 15 is 0 Å². The molecule has 1 heterocycles. The molecular formula is C13H15FN2O2S. The third-order valence-electron chi connectivity index (χ3n) is 2.82. The van der Waals surface area contributed by atoms with Crippen LogP contribution >= 0.6 is 11.8 Å². The summed E-state index contributed by atoms with van der Waals surface area (Å²) in [7, 11) is 0. The van der Waals surface area contributed by atoms with E-state index in [1.807, 2.05) is 0 Å². The molecule has 0 spiro atoms. The number of rotatable bonds is 4. The molecule has 2 N–H and O–H groups in total. The average Bonchev–Trinajstić information content (AvgIpc) is 2.41. The van der Waals surface area contributed by atoms with Gasteiger partial charge in [0.2, 0.25) is 11.8 Å². The van der Waals surface area contributed by atoms with Crippen LogP contribution in [-0.2, 0) is 16.0 Å². The second kappa shape index (κ2) is 6.56. The van der Waals surface area contributed by atoms with Crippen LogP contribution in [0.4, 0.5) is 4.39 Å². The Morgan fingerprint density at radius 3 is 3.00 bits per heavy atom. The first-order chi connectivity index (χ1) is 9.16. The van der Waals surface area contributed by atoms with Crippen molar-refractivity contribution in [2.24, 2.45) is 0 Å². The highest BCUT2D eigenvalue weighted by atomic mass is 32.2. The fraction of sp³-hybridized carbons (Fsp3) is 0.385. The van der Waals surface area contributed by atoms with E-state index in [0.29, 0.717) is 30.0 Å². The Labute approximate surface area is 115 Å². The normalized spacial score (nSPS) is 18.8. The van der Waals surface area contributed by atoms with Crippen LogP contribution in [-0.4, -0.2) is 35.9 Å². The van der Waals surface area contributed by atoms with Crippen LogP contribution < -0.4 is 10.6 Å². The monoisotopic (exact) mass is 282 g/mol. The fourth-order valence-corrected chi connectivity index (χ4v) is 2.69. The molecule has 4 nitrogen and oxygen atoms in total. The number of carbonyl (C=O) groups excluding carboxylic acids is 2. The maximum absolute atomic E-state index is 13.3. The van der Waals surface area contributed by atoms with Gasteiger partial charge in [-0.05, 0) is 18.1 Å². The highest BCUT2D eigenvalue weighted by Crippen LogP contribution is 2.09. The summed E-state index contributed by atoms with van der Waals surface area (Å²) in [5.74, 6) is 0.386. The molecule has 0 aliphatic carbocycles. The molecule has 1 aromatic carbocycles. The number of nitrogens with one attached hydrogen (secondary N) is 2. The van der Waals surface area contributed by atoms with Crippen LogP contribution in [0.15, 0.2) is 24.3 Å². The quantitative estimate of drug-likeness (QED) is 0.855. The van der Waals surface area contributed by atoms with Gasteiger partial charge in [0.25, 0.3) is 0 Å². The molecule has 1 saturated heterocycles. The molecule has 0 saturated carbocycles. The Kier molecular flexibility index (Phi) is 4.79. The van der Waals surface area contributed by atoms with E-state index in [9.17, 15) is 14.0 Å². The second-order valence-electron chi connectivity index (χ2n) is 4.27. The third kappa shape index (κ3) is 3.96. The van der Waals surface area contributed by atoms with Crippen molar-refractivity contribution in [3.63, 3.8) is 0 Å². The minimum Gasteiger partial charge on any atom is -0.354 e. The lowest BCUT2D eigenvalue weighted by Gasteiger charge is -2.22. The van der Waals surface area contributed by atoms with E-state index in [1.54, 1.807) is 18.2 Å². The first-order valence-electron chi connectivity index (χ1n) is 6.05. The molecule has 0 aromatic heterocycles. The van der Waals surface area contributed by atoms with E-state index in [0.717, 1.165) is 0 Å². The largest absolute Gasteiger partial charge is 0.354 e. The summed E-state index contributed by atoms with van der Waals surface area (Å²) in [5.41, 5.74) is 0.574. The van der Waals surface area contributed by atoms with Gasteiger partial charge in [0.05, 0.1) is 5.75 Å². The van der Waals surface area contributed by atoms with Crippen LogP contribution in [0.2, 0.25) is 0 Å². The summed E-state index contributed by atoms with van der Waals surface area (Å²) in [6.45, 7) is 0.358. The lowest BCUT2D eigenvalue weighted by Crippen LogP contribution is -2.51. The smallest absolute Gasteiger partial charge is 0.243 e. The molecule has 1 fully saturated rings. The summed E-state index contributed by atoms with van der Waals surface area (Å²) >= 11 is 1.44. The lowest BCUT2D eigenvalue weighted by atomic mass is 10.1. The molecule has 1 aliphatic rings. The molecular weight excluding hydrogens is 267 g/mol. The Morgan fingerprint density at radius 2 is 2.26 bits per heavy atom. The van der Waals surface area contributed by atoms with Gasteiger partial charge in [0.15, 0.2) is 0 Å². The van der Waals surface area contributed by atoms with E-state index < -0.39 is 6.04 Å². The summed E-state index contributed by atoms with van der Waals surface area (Å²) in [6.07, 6.45) is 0.437. The van der Waals surface area contributed by atoms with Crippen LogP contribution in [0.3, 0.4) is 0 Å². The molecule has 1 aliphatic heterocycles. The summed E-state index contributed by atoms with van der Waals surface area (Å²) in [6, 6.07) is 6.01. The zero-order valence-corrected chi connectivity index (χ0v) is 11.1. The minimum atomic E-state index is -0.480. The zero-order valence-electron chi connectivity index (χ0n) is 10.3. The van der Waals surface area contributed by atoms with Crippen molar-refractivity contribution in [3.05, 3.63) is 35.6 Å². The number of benzene rings is 1. The fourth-order valence-electron chi connectivity index (χ4n) is 1.83. The van der Waals surface area contributed by atoms with Crippen molar-refractivity contribution >= 4 is 23.6 Å². The second-order valence-corrected chi connectivity index (χ2v) is 5.30. The molecule has 19 heavy (non-hydrogen) atoms. The summed E-state index contributed by atoms with van der Waals surface area (Å²) < 4.78 is 13.3. The predicted octanol–water partition coefficient (Wildman–Crippen LogP) is 0.716. The molecule has 0 radical (unpaired) electrons. The average molecular weight is 282 g/mol. The van der Waals surface area contributed by atoms with Crippen molar-refractivity contribution in [2.75, 3.05) is 18.1 Å². The van der Waals surface area contributed by atoms with Crippen molar-refractivity contribution in [2.45, 2.75) is 12.5 Å². The van der Waals surface area contributed by atoms with Crippen molar-refractivity contribution < 1.29 is 14.0 Å². The first kappa shape index (κ1) is 13.9. The van der Waals surface area contributed by atoms with E-state index in [2.05, 4.69) is 10.6 Å². The van der Waals surface area contributed by atoms with E-state index in [4.69, 9.17) is 0 Å². The van der Waals surface area contributed by atoms with Crippen LogP contribution in [0.25, 0.3) is 0 Å². The number of thioether (sulfide) groups is 1. The van der Waals surface area contributed by atoms with Crippen molar-refractivity contribution in [3.8, 4) is 0 Å². The number of hydrogen-bond acceptors (Lipinski definition) is 3. The van der Waals surface area contributed by atoms with Gasteiger partial charge in [0, 0.05) is 12.3 Å². The number of amides is 2. The standard InChI is InChI=1S/C13H15FN2O2S/c14-10-4-2-1-3-9(10)5-6-15-13(18)11-7-19-8-12(17)16-11/h1-4,11H,5-8H2,(H,15,18)(H,16,17). The molecule has 1 unspecified atom stereocenters. The molecule has 102 valence electrons. The van der Waals surface area contributed by atoms with E-state index in [1.165, 1.54) is 17.8 Å². The molecule has 1 aromatic rings. The highest BCUT2D eigenvalue weighted by Gasteiger charge is 2.24. The maximum Gasteiger partial charge on any atom is 0.243 e. The Bertz CT molecular complexity index is 481. The van der Waals surface area contributed by atoms with Gasteiger partial charge in [-0.3, -0.25) is 9.59 Å². The number of carbonyl (C=O) groups is 2. The third-order valence-corrected chi connectivity index (χ3v) is 3.86. The van der Waals surface area contributed by atoms with Crippen LogP contribution in [0.1, 0.15) is 5.56 Å². The predicted molar refractivity (Wildman–Crippen MR) is 72.4 cm³/mol. The zero-order chi connectivity index (χ0) is 13.7. The molecule has 2 rings (SSSR count). The maximum atomic E-state index is 13.3. The topological polar surface area (TPSA) is 58.2 Å². The van der Waals surface area contributed by atoms with Gasteiger partial charge in [-0.15, -0.1) is 11.8 Å². The molecule has 6 heteroatoms. The summed E-state index contributed by atoms with van der Waals surface area (Å²) in [4.78, 5) is 22.9. The van der Waals surface area contributed by atoms with Crippen molar-refractivity contribution in [1.82, 2.24) is 10.6 Å². The Balaban J connectivity index is 1.78. The van der Waals surface area contributed by atoms with Gasteiger partial charge in [-0.2, -0.15) is 0 Å². The first-order valence-corrected chi connectivity index (χ1v) is 7.20. The van der Waals surface area contributed by atoms with Crippen LogP contribution in [0, 0.1) is 5.82 Å². The lowest BCUT2D eigenvalue weighted by molar-refractivity contribution is -0.127. The molecule has 1 atom stereocenters. The number of halogens is 1. The van der Waals surface area contributed by atoms with Crippen molar-refractivity contribution in [1.29, 1.82) is 0 Å². The number of hydrogen-bond donors (Lipinski definition) is 2. The van der Waals surface area contributed by atoms with Gasteiger partial charge in [-0.25, -0.2) is 4.39 Å². The van der Waals surface area contributed by atoms with Gasteiger partial charge in [-0.1, -0.05) is 18.2 Å².